The van der Waals surface area contributed by atoms with Crippen molar-refractivity contribution in [2.24, 2.45) is 0 Å². The van der Waals surface area contributed by atoms with E-state index in [1.807, 2.05) is 6.07 Å². The summed E-state index contributed by atoms with van der Waals surface area (Å²) in [5.41, 5.74) is 2.00. The molecule has 0 atom stereocenters. The molecule has 3 heteroatoms. The van der Waals surface area contributed by atoms with E-state index in [1.54, 1.807) is 0 Å². The Bertz CT molecular complexity index is 372. The van der Waals surface area contributed by atoms with Crippen LogP contribution in [0, 0.1) is 6.92 Å². The van der Waals surface area contributed by atoms with Crippen LogP contribution in [0.15, 0.2) is 22.7 Å². The summed E-state index contributed by atoms with van der Waals surface area (Å²) in [5.74, 6) is 0. The van der Waals surface area contributed by atoms with Gasteiger partial charge in [-0.3, -0.25) is 0 Å². The molecular formula is C13H18BrNO. The molecule has 0 aliphatic carbocycles. The van der Waals surface area contributed by atoms with Crippen molar-refractivity contribution in [3.8, 4) is 0 Å². The van der Waals surface area contributed by atoms with Crippen molar-refractivity contribution in [3.63, 3.8) is 0 Å². The molecule has 1 aliphatic rings. The topological polar surface area (TPSA) is 32.3 Å². The first kappa shape index (κ1) is 12.1. The van der Waals surface area contributed by atoms with E-state index in [0.717, 1.165) is 36.8 Å². The van der Waals surface area contributed by atoms with Crippen LogP contribution < -0.4 is 5.32 Å². The Balaban J connectivity index is 2.13. The maximum atomic E-state index is 10.5. The average molecular weight is 284 g/mol. The van der Waals surface area contributed by atoms with Gasteiger partial charge in [-0.1, -0.05) is 22.0 Å². The molecule has 0 unspecified atom stereocenters. The van der Waals surface area contributed by atoms with Crippen molar-refractivity contribution < 1.29 is 5.11 Å². The predicted molar refractivity (Wildman–Crippen MR) is 69.6 cm³/mol. The second-order valence-electron chi connectivity index (χ2n) is 4.72. The van der Waals surface area contributed by atoms with Gasteiger partial charge in [-0.25, -0.2) is 0 Å². The summed E-state index contributed by atoms with van der Waals surface area (Å²) in [7, 11) is 0. The number of hydrogen-bond donors (Lipinski definition) is 2. The Hall–Kier alpha value is -0.380. The van der Waals surface area contributed by atoms with Crippen LogP contribution in [0.2, 0.25) is 0 Å². The minimum Gasteiger partial charge on any atom is -0.389 e. The molecule has 2 rings (SSSR count). The van der Waals surface area contributed by atoms with E-state index in [0.29, 0.717) is 0 Å². The van der Waals surface area contributed by atoms with Crippen LogP contribution in [0.25, 0.3) is 0 Å². The molecular weight excluding hydrogens is 266 g/mol. The molecule has 0 spiro atoms. The Morgan fingerprint density at radius 1 is 1.38 bits per heavy atom. The summed E-state index contributed by atoms with van der Waals surface area (Å²) in [6.07, 6.45) is 2.47. The number of hydrogen-bond acceptors (Lipinski definition) is 2. The van der Waals surface area contributed by atoms with Crippen molar-refractivity contribution in [2.75, 3.05) is 13.1 Å². The Morgan fingerprint density at radius 2 is 2.06 bits per heavy atom. The maximum absolute atomic E-state index is 10.5. The summed E-state index contributed by atoms with van der Waals surface area (Å²) in [4.78, 5) is 0. The van der Waals surface area contributed by atoms with Gasteiger partial charge in [0.1, 0.15) is 0 Å². The number of aliphatic hydroxyl groups is 1. The summed E-state index contributed by atoms with van der Waals surface area (Å²) in [6.45, 7) is 3.95. The minimum absolute atomic E-state index is 0.510. The molecule has 16 heavy (non-hydrogen) atoms. The highest BCUT2D eigenvalue weighted by molar-refractivity contribution is 9.10. The second-order valence-corrected chi connectivity index (χ2v) is 5.64. The normalized spacial score (nSPS) is 19.7. The lowest BCUT2D eigenvalue weighted by molar-refractivity contribution is 0.0107. The van der Waals surface area contributed by atoms with Crippen LogP contribution in [0.1, 0.15) is 24.0 Å². The lowest BCUT2D eigenvalue weighted by atomic mass is 9.85. The first-order valence-electron chi connectivity index (χ1n) is 5.77. The second kappa shape index (κ2) is 4.86. The number of halogens is 1. The molecule has 0 bridgehead atoms. The molecule has 1 fully saturated rings. The van der Waals surface area contributed by atoms with Crippen molar-refractivity contribution >= 4 is 15.9 Å². The number of rotatable bonds is 2. The van der Waals surface area contributed by atoms with Crippen LogP contribution in [0.3, 0.4) is 0 Å². The molecule has 1 aromatic carbocycles. The van der Waals surface area contributed by atoms with Gasteiger partial charge in [0, 0.05) is 10.9 Å². The zero-order valence-electron chi connectivity index (χ0n) is 9.59. The van der Waals surface area contributed by atoms with Crippen molar-refractivity contribution in [1.29, 1.82) is 0 Å². The highest BCUT2D eigenvalue weighted by Gasteiger charge is 2.29. The molecule has 1 aliphatic heterocycles. The molecule has 1 aromatic rings. The minimum atomic E-state index is -0.510. The summed E-state index contributed by atoms with van der Waals surface area (Å²) in [5, 5.41) is 13.7. The summed E-state index contributed by atoms with van der Waals surface area (Å²) in [6, 6.07) is 6.27. The SMILES string of the molecule is Cc1cc(Br)ccc1CC1(O)CCNCC1. The van der Waals surface area contributed by atoms with E-state index in [9.17, 15) is 5.11 Å². The quantitative estimate of drug-likeness (QED) is 0.874. The largest absolute Gasteiger partial charge is 0.389 e. The van der Waals surface area contributed by atoms with Gasteiger partial charge in [-0.05, 0) is 56.1 Å². The van der Waals surface area contributed by atoms with Crippen LogP contribution in [-0.2, 0) is 6.42 Å². The van der Waals surface area contributed by atoms with Gasteiger partial charge in [0.05, 0.1) is 5.60 Å². The van der Waals surface area contributed by atoms with Gasteiger partial charge in [-0.15, -0.1) is 0 Å². The van der Waals surface area contributed by atoms with Crippen LogP contribution in [-0.4, -0.2) is 23.8 Å². The van der Waals surface area contributed by atoms with E-state index >= 15 is 0 Å². The zero-order chi connectivity index (χ0) is 11.6. The van der Waals surface area contributed by atoms with Crippen LogP contribution in [0.5, 0.6) is 0 Å². The summed E-state index contributed by atoms with van der Waals surface area (Å²) >= 11 is 3.46. The lowest BCUT2D eigenvalue weighted by Crippen LogP contribution is -2.43. The van der Waals surface area contributed by atoms with E-state index in [4.69, 9.17) is 0 Å². The monoisotopic (exact) mass is 283 g/mol. The molecule has 0 saturated carbocycles. The Labute approximate surface area is 105 Å². The molecule has 2 nitrogen and oxygen atoms in total. The van der Waals surface area contributed by atoms with E-state index in [-0.39, 0.29) is 0 Å². The highest BCUT2D eigenvalue weighted by Crippen LogP contribution is 2.26. The number of aryl methyl sites for hydroxylation is 1. The number of nitrogens with one attached hydrogen (secondary N) is 1. The first-order chi connectivity index (χ1) is 7.59. The number of benzene rings is 1. The van der Waals surface area contributed by atoms with E-state index in [2.05, 4.69) is 40.3 Å². The third kappa shape index (κ3) is 2.84. The third-order valence-electron chi connectivity index (χ3n) is 3.36. The number of piperidine rings is 1. The molecule has 1 heterocycles. The fraction of sp³-hybridized carbons (Fsp3) is 0.538. The lowest BCUT2D eigenvalue weighted by Gasteiger charge is -2.33. The molecule has 0 aromatic heterocycles. The van der Waals surface area contributed by atoms with Gasteiger partial charge in [-0.2, -0.15) is 0 Å². The maximum Gasteiger partial charge on any atom is 0.0712 e. The van der Waals surface area contributed by atoms with E-state index < -0.39 is 5.60 Å². The predicted octanol–water partition coefficient (Wildman–Crippen LogP) is 2.41. The zero-order valence-corrected chi connectivity index (χ0v) is 11.2. The van der Waals surface area contributed by atoms with Crippen molar-refractivity contribution in [2.45, 2.75) is 31.8 Å². The molecule has 0 radical (unpaired) electrons. The average Bonchev–Trinajstić information content (AvgIpc) is 2.23. The smallest absolute Gasteiger partial charge is 0.0712 e. The fourth-order valence-corrected chi connectivity index (χ4v) is 2.76. The Morgan fingerprint density at radius 3 is 2.69 bits per heavy atom. The van der Waals surface area contributed by atoms with Gasteiger partial charge in [0.15, 0.2) is 0 Å². The highest BCUT2D eigenvalue weighted by atomic mass is 79.9. The third-order valence-corrected chi connectivity index (χ3v) is 3.85. The first-order valence-corrected chi connectivity index (χ1v) is 6.56. The standard InChI is InChI=1S/C13H18BrNO/c1-10-8-12(14)3-2-11(10)9-13(16)4-6-15-7-5-13/h2-3,8,15-16H,4-7,9H2,1H3. The van der Waals surface area contributed by atoms with Gasteiger partial charge >= 0.3 is 0 Å². The van der Waals surface area contributed by atoms with Gasteiger partial charge < -0.3 is 10.4 Å². The van der Waals surface area contributed by atoms with Crippen LogP contribution >= 0.6 is 15.9 Å². The fourth-order valence-electron chi connectivity index (χ4n) is 2.28. The molecule has 2 N–H and O–H groups in total. The van der Waals surface area contributed by atoms with Crippen molar-refractivity contribution in [3.05, 3.63) is 33.8 Å². The molecule has 0 amide bonds. The Kier molecular flexibility index (Phi) is 3.67. The summed E-state index contributed by atoms with van der Waals surface area (Å²) < 4.78 is 1.10. The van der Waals surface area contributed by atoms with Crippen molar-refractivity contribution in [1.82, 2.24) is 5.32 Å². The van der Waals surface area contributed by atoms with Crippen LogP contribution in [0.4, 0.5) is 0 Å². The van der Waals surface area contributed by atoms with Gasteiger partial charge in [0.25, 0.3) is 0 Å². The van der Waals surface area contributed by atoms with Gasteiger partial charge in [0.2, 0.25) is 0 Å². The van der Waals surface area contributed by atoms with E-state index in [1.165, 1.54) is 11.1 Å². The molecule has 1 saturated heterocycles. The molecule has 88 valence electrons.